The molecule has 0 radical (unpaired) electrons. The molecule has 0 bridgehead atoms. The van der Waals surface area contributed by atoms with E-state index in [-0.39, 0.29) is 43.1 Å². The Kier molecular flexibility index (Phi) is 11.1. The number of hydrogen-bond donors (Lipinski definition) is 1. The first-order valence-corrected chi connectivity index (χ1v) is 18.7. The fourth-order valence-corrected chi connectivity index (χ4v) is 6.83. The second kappa shape index (κ2) is 14.7. The molecule has 0 atom stereocenters. The number of fused-ring (bicyclic) bond motifs is 1. The topological polar surface area (TPSA) is 59.2 Å². The van der Waals surface area contributed by atoms with E-state index in [1.807, 2.05) is 18.3 Å². The van der Waals surface area contributed by atoms with Gasteiger partial charge in [0.15, 0.2) is 0 Å². The summed E-state index contributed by atoms with van der Waals surface area (Å²) in [5.74, 6) is 1.38. The number of rotatable bonds is 6. The van der Waals surface area contributed by atoms with Gasteiger partial charge in [0.25, 0.3) is 0 Å². The first kappa shape index (κ1) is 40.2. The Morgan fingerprint density at radius 3 is 1.81 bits per heavy atom. The van der Waals surface area contributed by atoms with Gasteiger partial charge in [-0.3, -0.25) is 4.98 Å². The monoisotopic (exact) mass is 886 g/mol. The molecule has 53 heavy (non-hydrogen) atoms. The van der Waals surface area contributed by atoms with Crippen molar-refractivity contribution in [3.8, 4) is 50.7 Å². The molecule has 2 heterocycles. The van der Waals surface area contributed by atoms with Crippen LogP contribution in [0.4, 0.5) is 0 Å². The molecule has 0 spiro atoms. The quantitative estimate of drug-likeness (QED) is 0.169. The van der Waals surface area contributed by atoms with Crippen LogP contribution in [-0.2, 0) is 37.3 Å². The SMILES string of the molecule is CC(C)c1cc(-c2ccnc(-c3[c-]c(-c4cc(C(C)(C)C)cc5oc(-c6ccccc6O)nc45)c(C(C)(C)C)cc3C(C)(C)C)c2)cc(C(C)C)c1.[Pt]. The number of benzene rings is 4. The summed E-state index contributed by atoms with van der Waals surface area (Å²) in [7, 11) is 0. The standard InChI is InChI=1S/C48H55N2O2.Pt/c1-28(2)31-20-32(29(3)4)22-33(21-31)30-18-19-49-41(23-30)38-26-36(39(47(8,9)10)27-40(38)48(11,12)13)37-24-34(46(5,6)7)25-43-44(37)50-45(52-43)35-16-14-15-17-42(35)51;/h14-25,27-29,51H,1-13H3;/q-1;. The van der Waals surface area contributed by atoms with Gasteiger partial charge in [-0.2, -0.15) is 0 Å². The predicted molar refractivity (Wildman–Crippen MR) is 218 cm³/mol. The molecule has 0 saturated heterocycles. The summed E-state index contributed by atoms with van der Waals surface area (Å²) < 4.78 is 6.47. The van der Waals surface area contributed by atoms with Crippen molar-refractivity contribution in [1.82, 2.24) is 9.97 Å². The van der Waals surface area contributed by atoms with Crippen LogP contribution in [0.15, 0.2) is 83.4 Å². The molecule has 0 aliphatic heterocycles. The molecule has 4 nitrogen and oxygen atoms in total. The summed E-state index contributed by atoms with van der Waals surface area (Å²) in [6, 6.07) is 29.3. The summed E-state index contributed by atoms with van der Waals surface area (Å²) in [6.45, 7) is 29.3. The second-order valence-corrected chi connectivity index (χ2v) is 18.1. The Hall–Kier alpha value is -4.01. The van der Waals surface area contributed by atoms with Crippen molar-refractivity contribution in [3.05, 3.63) is 113 Å². The van der Waals surface area contributed by atoms with Crippen molar-refractivity contribution < 1.29 is 30.6 Å². The third-order valence-corrected chi connectivity index (χ3v) is 10.1. The molecular weight excluding hydrogens is 832 g/mol. The normalized spacial score (nSPS) is 12.5. The van der Waals surface area contributed by atoms with Crippen molar-refractivity contribution >= 4 is 11.1 Å². The third-order valence-electron chi connectivity index (χ3n) is 10.1. The van der Waals surface area contributed by atoms with Gasteiger partial charge in [-0.1, -0.05) is 144 Å². The Morgan fingerprint density at radius 1 is 0.642 bits per heavy atom. The fraction of sp³-hybridized carbons (Fsp3) is 0.375. The maximum atomic E-state index is 10.8. The molecule has 5 heteroatoms. The van der Waals surface area contributed by atoms with Gasteiger partial charge in [0.2, 0.25) is 5.89 Å². The molecule has 6 aromatic rings. The Bertz CT molecular complexity index is 2250. The predicted octanol–water partition coefficient (Wildman–Crippen LogP) is 13.5. The summed E-state index contributed by atoms with van der Waals surface area (Å²) >= 11 is 0. The molecule has 0 amide bonds. The average molecular weight is 887 g/mol. The van der Waals surface area contributed by atoms with Gasteiger partial charge in [0.1, 0.15) is 11.3 Å². The number of para-hydroxylation sites is 1. The first-order chi connectivity index (χ1) is 24.2. The number of phenolic OH excluding ortho intramolecular Hbond substituents is 1. The van der Waals surface area contributed by atoms with Crippen LogP contribution < -0.4 is 0 Å². The molecule has 6 rings (SSSR count). The number of oxazole rings is 1. The minimum absolute atomic E-state index is 0. The van der Waals surface area contributed by atoms with E-state index < -0.39 is 0 Å². The van der Waals surface area contributed by atoms with E-state index in [0.717, 1.165) is 39.0 Å². The fourth-order valence-electron chi connectivity index (χ4n) is 6.83. The first-order valence-electron chi connectivity index (χ1n) is 18.7. The van der Waals surface area contributed by atoms with E-state index in [1.54, 1.807) is 12.1 Å². The molecule has 0 saturated carbocycles. The van der Waals surface area contributed by atoms with Gasteiger partial charge in [-0.25, -0.2) is 4.98 Å². The van der Waals surface area contributed by atoms with E-state index in [0.29, 0.717) is 28.9 Å². The molecule has 0 fully saturated rings. The second-order valence-electron chi connectivity index (χ2n) is 18.1. The minimum atomic E-state index is -0.210. The zero-order valence-electron chi connectivity index (χ0n) is 33.7. The largest absolute Gasteiger partial charge is 0.507 e. The average Bonchev–Trinajstić information content (AvgIpc) is 3.50. The van der Waals surface area contributed by atoms with Crippen LogP contribution in [0.5, 0.6) is 5.75 Å². The van der Waals surface area contributed by atoms with Crippen molar-refractivity contribution in [2.24, 2.45) is 0 Å². The van der Waals surface area contributed by atoms with Crippen LogP contribution in [0.3, 0.4) is 0 Å². The molecule has 4 aromatic carbocycles. The Labute approximate surface area is 331 Å². The summed E-state index contributed by atoms with van der Waals surface area (Å²) in [4.78, 5) is 10.1. The number of hydrogen-bond acceptors (Lipinski definition) is 4. The Balaban J connectivity index is 0.00000541. The van der Waals surface area contributed by atoms with Crippen molar-refractivity contribution in [3.63, 3.8) is 0 Å². The van der Waals surface area contributed by atoms with Gasteiger partial charge in [-0.05, 0) is 80.2 Å². The molecule has 280 valence electrons. The van der Waals surface area contributed by atoms with Gasteiger partial charge in [0.05, 0.1) is 11.1 Å². The maximum absolute atomic E-state index is 10.8. The molecule has 1 N–H and O–H groups in total. The molecule has 2 aromatic heterocycles. The van der Waals surface area contributed by atoms with Gasteiger partial charge < -0.3 is 9.52 Å². The summed E-state index contributed by atoms with van der Waals surface area (Å²) in [6.07, 6.45) is 1.94. The van der Waals surface area contributed by atoms with Crippen LogP contribution in [0, 0.1) is 6.07 Å². The molecular formula is C48H55N2O2Pt-. The number of pyridine rings is 1. The van der Waals surface area contributed by atoms with E-state index >= 15 is 0 Å². The zero-order chi connectivity index (χ0) is 37.9. The van der Waals surface area contributed by atoms with Gasteiger partial charge >= 0.3 is 0 Å². The van der Waals surface area contributed by atoms with Crippen LogP contribution in [0.2, 0.25) is 0 Å². The van der Waals surface area contributed by atoms with Crippen LogP contribution in [-0.4, -0.2) is 15.1 Å². The smallest absolute Gasteiger partial charge is 0.230 e. The van der Waals surface area contributed by atoms with Crippen LogP contribution in [0.25, 0.3) is 56.1 Å². The van der Waals surface area contributed by atoms with Crippen LogP contribution in [0.1, 0.15) is 130 Å². The number of nitrogens with zero attached hydrogens (tertiary/aromatic N) is 2. The zero-order valence-corrected chi connectivity index (χ0v) is 36.0. The summed E-state index contributed by atoms with van der Waals surface area (Å²) in [5, 5.41) is 10.8. The number of aromatic hydroxyl groups is 1. The van der Waals surface area contributed by atoms with E-state index in [1.165, 1.54) is 27.8 Å². The van der Waals surface area contributed by atoms with Crippen molar-refractivity contribution in [1.29, 1.82) is 0 Å². The van der Waals surface area contributed by atoms with Gasteiger partial charge in [0, 0.05) is 33.0 Å². The van der Waals surface area contributed by atoms with Crippen LogP contribution >= 0.6 is 0 Å². The molecule has 0 aliphatic rings. The van der Waals surface area contributed by atoms with Crippen molar-refractivity contribution in [2.75, 3.05) is 0 Å². The summed E-state index contributed by atoms with van der Waals surface area (Å²) in [5.41, 5.74) is 13.8. The van der Waals surface area contributed by atoms with E-state index in [2.05, 4.69) is 145 Å². The minimum Gasteiger partial charge on any atom is -0.507 e. The maximum Gasteiger partial charge on any atom is 0.230 e. The molecule has 0 aliphatic carbocycles. The third kappa shape index (κ3) is 8.24. The van der Waals surface area contributed by atoms with Gasteiger partial charge in [-0.15, -0.1) is 28.8 Å². The Morgan fingerprint density at radius 2 is 1.25 bits per heavy atom. The molecule has 0 unspecified atom stereocenters. The van der Waals surface area contributed by atoms with E-state index in [9.17, 15) is 5.11 Å². The van der Waals surface area contributed by atoms with E-state index in [4.69, 9.17) is 14.4 Å². The number of aromatic nitrogens is 2. The van der Waals surface area contributed by atoms with Crippen molar-refractivity contribution in [2.45, 2.75) is 118 Å². The number of phenols is 1.